The number of carbonyl (C=O) groups is 1. The fourth-order valence-electron chi connectivity index (χ4n) is 2.04. The third-order valence-electron chi connectivity index (χ3n) is 3.33. The van der Waals surface area contributed by atoms with Gasteiger partial charge in [0.2, 0.25) is 5.91 Å². The number of hydrogen-bond donors (Lipinski definition) is 1. The highest BCUT2D eigenvalue weighted by molar-refractivity contribution is 5.81. The molecule has 1 aromatic carbocycles. The molecule has 1 N–H and O–H groups in total. The SMILES string of the molecule is COc1ccc(C)cc1CN(C)[C@@H](C)C(=O)NC(C)C. The molecule has 4 heteroatoms. The van der Waals surface area contributed by atoms with Crippen molar-refractivity contribution in [3.05, 3.63) is 29.3 Å². The van der Waals surface area contributed by atoms with Gasteiger partial charge in [0.15, 0.2) is 0 Å². The number of nitrogens with zero attached hydrogens (tertiary/aromatic N) is 1. The summed E-state index contributed by atoms with van der Waals surface area (Å²) >= 11 is 0. The summed E-state index contributed by atoms with van der Waals surface area (Å²) in [7, 11) is 3.62. The Kier molecular flexibility index (Phi) is 6.02. The van der Waals surface area contributed by atoms with Gasteiger partial charge in [-0.15, -0.1) is 0 Å². The summed E-state index contributed by atoms with van der Waals surface area (Å²) in [6.45, 7) is 8.58. The number of amides is 1. The Bertz CT molecular complexity index is 458. The Balaban J connectivity index is 2.77. The predicted octanol–water partition coefficient (Wildman–Crippen LogP) is 2.35. The van der Waals surface area contributed by atoms with E-state index in [0.29, 0.717) is 6.54 Å². The van der Waals surface area contributed by atoms with Gasteiger partial charge in [-0.05, 0) is 40.8 Å². The molecule has 0 aliphatic rings. The smallest absolute Gasteiger partial charge is 0.237 e. The lowest BCUT2D eigenvalue weighted by molar-refractivity contribution is -0.126. The van der Waals surface area contributed by atoms with Gasteiger partial charge in [-0.1, -0.05) is 17.7 Å². The zero-order chi connectivity index (χ0) is 15.3. The number of ether oxygens (including phenoxy) is 1. The van der Waals surface area contributed by atoms with Crippen LogP contribution in [0.3, 0.4) is 0 Å². The van der Waals surface area contributed by atoms with Crippen LogP contribution in [0.5, 0.6) is 5.75 Å². The second kappa shape index (κ2) is 7.29. The third-order valence-corrected chi connectivity index (χ3v) is 3.33. The molecule has 112 valence electrons. The minimum absolute atomic E-state index is 0.0501. The highest BCUT2D eigenvalue weighted by Crippen LogP contribution is 2.21. The van der Waals surface area contributed by atoms with Gasteiger partial charge in [0, 0.05) is 18.2 Å². The Morgan fingerprint density at radius 3 is 2.55 bits per heavy atom. The summed E-state index contributed by atoms with van der Waals surface area (Å²) < 4.78 is 5.38. The van der Waals surface area contributed by atoms with E-state index in [-0.39, 0.29) is 18.0 Å². The molecule has 0 fully saturated rings. The third kappa shape index (κ3) is 4.53. The average Bonchev–Trinajstić information content (AvgIpc) is 2.37. The van der Waals surface area contributed by atoms with Crippen LogP contribution in [0.1, 0.15) is 31.9 Å². The van der Waals surface area contributed by atoms with E-state index < -0.39 is 0 Å². The van der Waals surface area contributed by atoms with E-state index in [4.69, 9.17) is 4.74 Å². The van der Waals surface area contributed by atoms with Crippen molar-refractivity contribution in [3.63, 3.8) is 0 Å². The molecule has 0 saturated carbocycles. The lowest BCUT2D eigenvalue weighted by Crippen LogP contribution is -2.45. The molecule has 20 heavy (non-hydrogen) atoms. The van der Waals surface area contributed by atoms with Gasteiger partial charge >= 0.3 is 0 Å². The highest BCUT2D eigenvalue weighted by atomic mass is 16.5. The largest absolute Gasteiger partial charge is 0.496 e. The molecule has 1 rings (SSSR count). The first kappa shape index (κ1) is 16.5. The second-order valence-corrected chi connectivity index (χ2v) is 5.57. The van der Waals surface area contributed by atoms with Gasteiger partial charge in [-0.2, -0.15) is 0 Å². The van der Waals surface area contributed by atoms with Gasteiger partial charge in [0.05, 0.1) is 13.2 Å². The van der Waals surface area contributed by atoms with Crippen LogP contribution in [0.2, 0.25) is 0 Å². The maximum atomic E-state index is 12.0. The van der Waals surface area contributed by atoms with Crippen molar-refractivity contribution in [2.45, 2.75) is 46.3 Å². The zero-order valence-electron chi connectivity index (χ0n) is 13.4. The van der Waals surface area contributed by atoms with Crippen LogP contribution in [-0.2, 0) is 11.3 Å². The second-order valence-electron chi connectivity index (χ2n) is 5.57. The first-order chi connectivity index (χ1) is 9.35. The topological polar surface area (TPSA) is 41.6 Å². The molecule has 0 aliphatic heterocycles. The van der Waals surface area contributed by atoms with E-state index in [1.165, 1.54) is 5.56 Å². The maximum Gasteiger partial charge on any atom is 0.237 e. The Hall–Kier alpha value is -1.55. The van der Waals surface area contributed by atoms with Gasteiger partial charge in [-0.25, -0.2) is 0 Å². The van der Waals surface area contributed by atoms with Crippen molar-refractivity contribution in [2.75, 3.05) is 14.2 Å². The van der Waals surface area contributed by atoms with Gasteiger partial charge in [0.25, 0.3) is 0 Å². The Morgan fingerprint density at radius 1 is 1.35 bits per heavy atom. The number of likely N-dealkylation sites (N-methyl/N-ethyl adjacent to an activating group) is 1. The van der Waals surface area contributed by atoms with Gasteiger partial charge in [0.1, 0.15) is 5.75 Å². The molecule has 0 radical (unpaired) electrons. The van der Waals surface area contributed by atoms with Crippen molar-refractivity contribution >= 4 is 5.91 Å². The van der Waals surface area contributed by atoms with Crippen LogP contribution in [-0.4, -0.2) is 37.0 Å². The van der Waals surface area contributed by atoms with E-state index in [0.717, 1.165) is 11.3 Å². The van der Waals surface area contributed by atoms with E-state index >= 15 is 0 Å². The molecule has 1 amide bonds. The maximum absolute atomic E-state index is 12.0. The fourth-order valence-corrected chi connectivity index (χ4v) is 2.04. The number of benzene rings is 1. The minimum atomic E-state index is -0.178. The standard InChI is InChI=1S/C16H26N2O2/c1-11(2)17-16(19)13(4)18(5)10-14-9-12(3)7-8-15(14)20-6/h7-9,11,13H,10H2,1-6H3,(H,17,19)/t13-/m0/s1. The summed E-state index contributed by atoms with van der Waals surface area (Å²) in [6.07, 6.45) is 0. The molecule has 1 aromatic rings. The molecule has 0 aromatic heterocycles. The van der Waals surface area contributed by atoms with Crippen LogP contribution >= 0.6 is 0 Å². The molecular weight excluding hydrogens is 252 g/mol. The number of carbonyl (C=O) groups excluding carboxylic acids is 1. The van der Waals surface area contributed by atoms with Gasteiger partial charge < -0.3 is 10.1 Å². The summed E-state index contributed by atoms with van der Waals surface area (Å²) in [6, 6.07) is 6.08. The van der Waals surface area contributed by atoms with E-state index in [9.17, 15) is 4.79 Å². The molecule has 0 unspecified atom stereocenters. The van der Waals surface area contributed by atoms with Crippen LogP contribution in [0, 0.1) is 6.92 Å². The van der Waals surface area contributed by atoms with Crippen molar-refractivity contribution in [2.24, 2.45) is 0 Å². The number of hydrogen-bond acceptors (Lipinski definition) is 3. The lowest BCUT2D eigenvalue weighted by Gasteiger charge is -2.25. The van der Waals surface area contributed by atoms with Crippen LogP contribution in [0.25, 0.3) is 0 Å². The zero-order valence-corrected chi connectivity index (χ0v) is 13.4. The van der Waals surface area contributed by atoms with Crippen molar-refractivity contribution in [1.82, 2.24) is 10.2 Å². The average molecular weight is 278 g/mol. The van der Waals surface area contributed by atoms with Crippen LogP contribution in [0.15, 0.2) is 18.2 Å². The van der Waals surface area contributed by atoms with E-state index in [1.807, 2.05) is 44.9 Å². The molecule has 4 nitrogen and oxygen atoms in total. The molecule has 0 aliphatic carbocycles. The first-order valence-electron chi connectivity index (χ1n) is 6.99. The van der Waals surface area contributed by atoms with Gasteiger partial charge in [-0.3, -0.25) is 9.69 Å². The number of methoxy groups -OCH3 is 1. The van der Waals surface area contributed by atoms with E-state index in [1.54, 1.807) is 7.11 Å². The minimum Gasteiger partial charge on any atom is -0.496 e. The molecule has 0 bridgehead atoms. The number of aryl methyl sites for hydroxylation is 1. The van der Waals surface area contributed by atoms with Crippen LogP contribution in [0.4, 0.5) is 0 Å². The molecule has 0 spiro atoms. The number of nitrogens with one attached hydrogen (secondary N) is 1. The predicted molar refractivity (Wildman–Crippen MR) is 81.9 cm³/mol. The summed E-state index contributed by atoms with van der Waals surface area (Å²) in [5.74, 6) is 0.910. The molecule has 1 atom stereocenters. The monoisotopic (exact) mass is 278 g/mol. The lowest BCUT2D eigenvalue weighted by atomic mass is 10.1. The molecule has 0 heterocycles. The first-order valence-corrected chi connectivity index (χ1v) is 6.99. The number of rotatable bonds is 6. The highest BCUT2D eigenvalue weighted by Gasteiger charge is 2.19. The quantitative estimate of drug-likeness (QED) is 0.868. The summed E-state index contributed by atoms with van der Waals surface area (Å²) in [4.78, 5) is 14.0. The summed E-state index contributed by atoms with van der Waals surface area (Å²) in [5, 5.41) is 2.94. The van der Waals surface area contributed by atoms with Crippen molar-refractivity contribution in [1.29, 1.82) is 0 Å². The molecular formula is C16H26N2O2. The van der Waals surface area contributed by atoms with Crippen molar-refractivity contribution in [3.8, 4) is 5.75 Å². The summed E-state index contributed by atoms with van der Waals surface area (Å²) in [5.41, 5.74) is 2.28. The molecule has 0 saturated heterocycles. The van der Waals surface area contributed by atoms with Crippen LogP contribution < -0.4 is 10.1 Å². The Labute approximate surface area is 122 Å². The fraction of sp³-hybridized carbons (Fsp3) is 0.562. The normalized spacial score (nSPS) is 12.6. The van der Waals surface area contributed by atoms with E-state index in [2.05, 4.69) is 18.3 Å². The van der Waals surface area contributed by atoms with Crippen molar-refractivity contribution < 1.29 is 9.53 Å². The Morgan fingerprint density at radius 2 is 2.00 bits per heavy atom.